The van der Waals surface area contributed by atoms with E-state index in [0.29, 0.717) is 18.2 Å². The second kappa shape index (κ2) is 5.35. The minimum absolute atomic E-state index is 0.595. The van der Waals surface area contributed by atoms with Crippen LogP contribution >= 0.6 is 11.6 Å². The molecule has 1 aromatic heterocycles. The summed E-state index contributed by atoms with van der Waals surface area (Å²) in [6, 6.07) is 13.2. The van der Waals surface area contributed by atoms with E-state index in [9.17, 15) is 0 Å². The minimum atomic E-state index is 0.595. The molecule has 0 atom stereocenters. The third-order valence-electron chi connectivity index (χ3n) is 2.97. The van der Waals surface area contributed by atoms with Gasteiger partial charge in [0.15, 0.2) is 0 Å². The van der Waals surface area contributed by atoms with Crippen LogP contribution in [0.5, 0.6) is 0 Å². The summed E-state index contributed by atoms with van der Waals surface area (Å²) in [6.07, 6.45) is 1.77. The van der Waals surface area contributed by atoms with Gasteiger partial charge in [-0.05, 0) is 35.9 Å². The van der Waals surface area contributed by atoms with E-state index in [1.54, 1.807) is 6.20 Å². The van der Waals surface area contributed by atoms with Crippen LogP contribution in [0.4, 0.5) is 11.6 Å². The second-order valence-corrected chi connectivity index (χ2v) is 4.93. The molecule has 0 aliphatic carbocycles. The average molecular weight is 285 g/mol. The number of rotatable bonds is 3. The number of nitrogens with two attached hydrogens (primary N) is 1. The van der Waals surface area contributed by atoms with Gasteiger partial charge in [-0.2, -0.15) is 0 Å². The zero-order valence-electron chi connectivity index (χ0n) is 10.7. The van der Waals surface area contributed by atoms with Crippen LogP contribution < -0.4 is 11.1 Å². The molecule has 5 heteroatoms. The molecular weight excluding hydrogens is 272 g/mol. The van der Waals surface area contributed by atoms with Crippen LogP contribution in [0.2, 0.25) is 5.02 Å². The third kappa shape index (κ3) is 2.81. The first-order chi connectivity index (χ1) is 9.70. The summed E-state index contributed by atoms with van der Waals surface area (Å²) >= 11 is 5.85. The maximum absolute atomic E-state index is 5.85. The molecule has 0 saturated heterocycles. The first-order valence-electron chi connectivity index (χ1n) is 6.21. The third-order valence-corrected chi connectivity index (χ3v) is 3.22. The highest BCUT2D eigenvalue weighted by molar-refractivity contribution is 6.30. The Morgan fingerprint density at radius 3 is 2.70 bits per heavy atom. The zero-order chi connectivity index (χ0) is 13.9. The summed E-state index contributed by atoms with van der Waals surface area (Å²) < 4.78 is 0. The predicted octanol–water partition coefficient (Wildman–Crippen LogP) is 3.48. The van der Waals surface area contributed by atoms with Crippen LogP contribution in [0.3, 0.4) is 0 Å². The van der Waals surface area contributed by atoms with Crippen molar-refractivity contribution in [3.05, 3.63) is 59.2 Å². The van der Waals surface area contributed by atoms with Crippen molar-refractivity contribution in [1.82, 2.24) is 9.97 Å². The van der Waals surface area contributed by atoms with Gasteiger partial charge in [0.1, 0.15) is 0 Å². The molecule has 100 valence electrons. The Kier molecular flexibility index (Phi) is 3.39. The lowest BCUT2D eigenvalue weighted by molar-refractivity contribution is 1.07. The van der Waals surface area contributed by atoms with Crippen molar-refractivity contribution >= 4 is 34.1 Å². The van der Waals surface area contributed by atoms with Gasteiger partial charge in [-0.25, -0.2) is 9.97 Å². The van der Waals surface area contributed by atoms with E-state index in [-0.39, 0.29) is 0 Å². The number of hydrogen-bond acceptors (Lipinski definition) is 4. The highest BCUT2D eigenvalue weighted by atomic mass is 35.5. The Hall–Kier alpha value is -2.33. The molecule has 20 heavy (non-hydrogen) atoms. The van der Waals surface area contributed by atoms with E-state index in [2.05, 4.69) is 15.3 Å². The first-order valence-corrected chi connectivity index (χ1v) is 6.59. The fourth-order valence-electron chi connectivity index (χ4n) is 1.92. The molecule has 0 amide bonds. The van der Waals surface area contributed by atoms with Crippen LogP contribution in [0, 0.1) is 0 Å². The normalized spacial score (nSPS) is 10.7. The molecule has 0 aliphatic heterocycles. The van der Waals surface area contributed by atoms with Crippen molar-refractivity contribution in [1.29, 1.82) is 0 Å². The van der Waals surface area contributed by atoms with Gasteiger partial charge >= 0.3 is 0 Å². The molecule has 0 bridgehead atoms. The first kappa shape index (κ1) is 12.7. The number of nitrogens with one attached hydrogen (secondary N) is 1. The molecule has 1 heterocycles. The molecule has 0 fully saturated rings. The summed E-state index contributed by atoms with van der Waals surface area (Å²) in [6.45, 7) is 0.650. The van der Waals surface area contributed by atoms with Gasteiger partial charge in [0.25, 0.3) is 0 Å². The topological polar surface area (TPSA) is 63.8 Å². The second-order valence-electron chi connectivity index (χ2n) is 4.49. The molecule has 0 saturated carbocycles. The molecule has 2 aromatic carbocycles. The largest absolute Gasteiger partial charge is 0.399 e. The van der Waals surface area contributed by atoms with E-state index in [0.717, 1.165) is 21.5 Å². The number of halogens is 1. The molecule has 4 nitrogen and oxygen atoms in total. The van der Waals surface area contributed by atoms with Gasteiger partial charge < -0.3 is 11.1 Å². The van der Waals surface area contributed by atoms with E-state index >= 15 is 0 Å². The summed E-state index contributed by atoms with van der Waals surface area (Å²) in [5, 5.41) is 4.85. The van der Waals surface area contributed by atoms with E-state index in [1.807, 2.05) is 42.5 Å². The fraction of sp³-hybridized carbons (Fsp3) is 0.0667. The number of hydrogen-bond donors (Lipinski definition) is 2. The van der Waals surface area contributed by atoms with Gasteiger partial charge in [0.05, 0.1) is 5.52 Å². The number of nitrogen functional groups attached to an aromatic ring is 1. The van der Waals surface area contributed by atoms with Crippen LogP contribution in [-0.4, -0.2) is 9.97 Å². The number of benzene rings is 2. The SMILES string of the molecule is Nc1ccc2nc(NCc3ccc(Cl)cc3)ncc2c1. The quantitative estimate of drug-likeness (QED) is 0.723. The van der Waals surface area contributed by atoms with Gasteiger partial charge in [-0.3, -0.25) is 0 Å². The summed E-state index contributed by atoms with van der Waals surface area (Å²) in [5.74, 6) is 0.595. The molecule has 3 N–H and O–H groups in total. The van der Waals surface area contributed by atoms with E-state index in [1.165, 1.54) is 0 Å². The van der Waals surface area contributed by atoms with Crippen molar-refractivity contribution in [2.24, 2.45) is 0 Å². The minimum Gasteiger partial charge on any atom is -0.399 e. The van der Waals surface area contributed by atoms with Crippen LogP contribution in [0.1, 0.15) is 5.56 Å². The smallest absolute Gasteiger partial charge is 0.223 e. The number of aromatic nitrogens is 2. The highest BCUT2D eigenvalue weighted by Gasteiger charge is 2.00. The van der Waals surface area contributed by atoms with Crippen LogP contribution in [0.15, 0.2) is 48.7 Å². The van der Waals surface area contributed by atoms with Gasteiger partial charge in [-0.15, -0.1) is 0 Å². The molecule has 0 aliphatic rings. The lowest BCUT2D eigenvalue weighted by Crippen LogP contribution is -2.03. The Morgan fingerprint density at radius 2 is 1.90 bits per heavy atom. The van der Waals surface area contributed by atoms with Gasteiger partial charge in [0.2, 0.25) is 5.95 Å². The summed E-state index contributed by atoms with van der Waals surface area (Å²) in [5.41, 5.74) is 8.43. The van der Waals surface area contributed by atoms with Crippen LogP contribution in [-0.2, 0) is 6.54 Å². The zero-order valence-corrected chi connectivity index (χ0v) is 11.4. The van der Waals surface area contributed by atoms with E-state index in [4.69, 9.17) is 17.3 Å². The molecule has 0 unspecified atom stereocenters. The maximum atomic E-state index is 5.85. The fourth-order valence-corrected chi connectivity index (χ4v) is 2.05. The van der Waals surface area contributed by atoms with Gasteiger partial charge in [-0.1, -0.05) is 23.7 Å². The Labute approximate surface area is 121 Å². The maximum Gasteiger partial charge on any atom is 0.223 e. The predicted molar refractivity (Wildman–Crippen MR) is 82.7 cm³/mol. The highest BCUT2D eigenvalue weighted by Crippen LogP contribution is 2.16. The lowest BCUT2D eigenvalue weighted by atomic mass is 10.2. The monoisotopic (exact) mass is 284 g/mol. The average Bonchev–Trinajstić information content (AvgIpc) is 2.46. The summed E-state index contributed by atoms with van der Waals surface area (Å²) in [7, 11) is 0. The summed E-state index contributed by atoms with van der Waals surface area (Å²) in [4.78, 5) is 8.72. The van der Waals surface area contributed by atoms with Gasteiger partial charge in [0, 0.05) is 28.8 Å². The molecule has 3 rings (SSSR count). The van der Waals surface area contributed by atoms with Crippen molar-refractivity contribution < 1.29 is 0 Å². The number of fused-ring (bicyclic) bond motifs is 1. The van der Waals surface area contributed by atoms with Crippen molar-refractivity contribution in [3.8, 4) is 0 Å². The number of anilines is 2. The molecule has 0 radical (unpaired) electrons. The van der Waals surface area contributed by atoms with Crippen molar-refractivity contribution in [3.63, 3.8) is 0 Å². The Morgan fingerprint density at radius 1 is 1.10 bits per heavy atom. The molecular formula is C15H13ClN4. The van der Waals surface area contributed by atoms with Crippen LogP contribution in [0.25, 0.3) is 10.9 Å². The van der Waals surface area contributed by atoms with E-state index < -0.39 is 0 Å². The molecule has 0 spiro atoms. The van der Waals surface area contributed by atoms with Crippen molar-refractivity contribution in [2.75, 3.05) is 11.1 Å². The standard InChI is InChI=1S/C15H13ClN4/c16-12-3-1-10(2-4-12)8-18-15-19-9-11-7-13(17)5-6-14(11)20-15/h1-7,9H,8,17H2,(H,18,19,20). The Balaban J connectivity index is 1.77. The molecule has 3 aromatic rings. The Bertz CT molecular complexity index is 740. The number of nitrogens with zero attached hydrogens (tertiary/aromatic N) is 2. The lowest BCUT2D eigenvalue weighted by Gasteiger charge is -2.06. The van der Waals surface area contributed by atoms with Crippen molar-refractivity contribution in [2.45, 2.75) is 6.54 Å².